The summed E-state index contributed by atoms with van der Waals surface area (Å²) in [6.45, 7) is 2.53. The predicted molar refractivity (Wildman–Crippen MR) is 91.8 cm³/mol. The van der Waals surface area contributed by atoms with Gasteiger partial charge >= 0.3 is 0 Å². The molecule has 0 unspecified atom stereocenters. The molecule has 2 nitrogen and oxygen atoms in total. The van der Waals surface area contributed by atoms with E-state index in [-0.39, 0.29) is 0 Å². The Labute approximate surface area is 127 Å². The van der Waals surface area contributed by atoms with Gasteiger partial charge in [-0.05, 0) is 11.1 Å². The van der Waals surface area contributed by atoms with Crippen LogP contribution in [0.1, 0.15) is 11.1 Å². The van der Waals surface area contributed by atoms with E-state index in [0.29, 0.717) is 0 Å². The standard InChI is InChI=1S/C19H22N2/c1-3-9-18(10-4-1)13-7-15-20-17-21-16-8-14-19-11-5-2-6-12-19/h1-14,20-21H,15-17H2/b13-7+,14-8+. The number of hydrogen-bond donors (Lipinski definition) is 2. The van der Waals surface area contributed by atoms with Crippen molar-refractivity contribution < 1.29 is 0 Å². The van der Waals surface area contributed by atoms with Gasteiger partial charge in [-0.3, -0.25) is 0 Å². The highest BCUT2D eigenvalue weighted by Crippen LogP contribution is 2.00. The fourth-order valence-corrected chi connectivity index (χ4v) is 1.92. The zero-order valence-corrected chi connectivity index (χ0v) is 12.2. The summed E-state index contributed by atoms with van der Waals surface area (Å²) >= 11 is 0. The summed E-state index contributed by atoms with van der Waals surface area (Å²) in [5.41, 5.74) is 2.47. The van der Waals surface area contributed by atoms with E-state index in [2.05, 4.69) is 59.2 Å². The van der Waals surface area contributed by atoms with E-state index >= 15 is 0 Å². The second-order valence-corrected chi connectivity index (χ2v) is 4.71. The molecule has 0 atom stereocenters. The van der Waals surface area contributed by atoms with Gasteiger partial charge in [0.05, 0.1) is 0 Å². The Hall–Kier alpha value is -2.16. The Kier molecular flexibility index (Phi) is 7.03. The van der Waals surface area contributed by atoms with Gasteiger partial charge in [-0.1, -0.05) is 85.0 Å². The van der Waals surface area contributed by atoms with E-state index in [4.69, 9.17) is 0 Å². The maximum Gasteiger partial charge on any atom is 0.0459 e. The lowest BCUT2D eigenvalue weighted by atomic mass is 10.2. The first-order valence-electron chi connectivity index (χ1n) is 7.30. The van der Waals surface area contributed by atoms with E-state index in [0.717, 1.165) is 19.8 Å². The van der Waals surface area contributed by atoms with Crippen LogP contribution in [0.4, 0.5) is 0 Å². The normalized spacial score (nSPS) is 11.4. The van der Waals surface area contributed by atoms with E-state index in [1.54, 1.807) is 0 Å². The van der Waals surface area contributed by atoms with Crippen molar-refractivity contribution in [2.24, 2.45) is 0 Å². The molecule has 2 N–H and O–H groups in total. The van der Waals surface area contributed by atoms with Crippen LogP contribution in [0.3, 0.4) is 0 Å². The molecular formula is C19H22N2. The van der Waals surface area contributed by atoms with Gasteiger partial charge < -0.3 is 10.6 Å². The van der Waals surface area contributed by atoms with Crippen molar-refractivity contribution in [1.82, 2.24) is 10.6 Å². The van der Waals surface area contributed by atoms with Gasteiger partial charge in [-0.15, -0.1) is 0 Å². The third-order valence-corrected chi connectivity index (χ3v) is 2.99. The molecular weight excluding hydrogens is 256 g/mol. The van der Waals surface area contributed by atoms with E-state index in [9.17, 15) is 0 Å². The molecule has 0 fully saturated rings. The minimum absolute atomic E-state index is 0.804. The molecule has 108 valence electrons. The number of rotatable bonds is 8. The maximum atomic E-state index is 3.32. The van der Waals surface area contributed by atoms with Crippen molar-refractivity contribution in [3.05, 3.63) is 83.9 Å². The summed E-state index contributed by atoms with van der Waals surface area (Å²) in [5.74, 6) is 0. The Bertz CT molecular complexity index is 493. The predicted octanol–water partition coefficient (Wildman–Crippen LogP) is 3.55. The van der Waals surface area contributed by atoms with Gasteiger partial charge in [0.25, 0.3) is 0 Å². The second-order valence-electron chi connectivity index (χ2n) is 4.71. The zero-order chi connectivity index (χ0) is 14.6. The molecule has 0 saturated carbocycles. The molecule has 0 aromatic heterocycles. The minimum atomic E-state index is 0.804. The highest BCUT2D eigenvalue weighted by Gasteiger charge is 1.85. The SMILES string of the molecule is C(=C\c1ccccc1)/CNCNC/C=C/c1ccccc1. The van der Waals surface area contributed by atoms with E-state index in [1.165, 1.54) is 11.1 Å². The number of benzene rings is 2. The molecule has 0 radical (unpaired) electrons. The van der Waals surface area contributed by atoms with Crippen molar-refractivity contribution in [3.8, 4) is 0 Å². The highest BCUT2D eigenvalue weighted by molar-refractivity contribution is 5.49. The molecule has 0 aliphatic heterocycles. The molecule has 0 aliphatic rings. The fourth-order valence-electron chi connectivity index (χ4n) is 1.92. The molecule has 0 amide bonds. The first-order chi connectivity index (χ1) is 10.4. The van der Waals surface area contributed by atoms with Gasteiger partial charge in [-0.2, -0.15) is 0 Å². The average Bonchev–Trinajstić information content (AvgIpc) is 2.55. The van der Waals surface area contributed by atoms with Gasteiger partial charge in [0, 0.05) is 19.8 Å². The number of hydrogen-bond acceptors (Lipinski definition) is 2. The quantitative estimate of drug-likeness (QED) is 0.570. The van der Waals surface area contributed by atoms with E-state index in [1.807, 2.05) is 36.4 Å². The Morgan fingerprint density at radius 3 is 1.48 bits per heavy atom. The monoisotopic (exact) mass is 278 g/mol. The van der Waals surface area contributed by atoms with Crippen LogP contribution in [-0.2, 0) is 0 Å². The van der Waals surface area contributed by atoms with Crippen LogP contribution in [0.25, 0.3) is 12.2 Å². The van der Waals surface area contributed by atoms with Crippen LogP contribution >= 0.6 is 0 Å². The maximum absolute atomic E-state index is 3.32. The third kappa shape index (κ3) is 6.70. The van der Waals surface area contributed by atoms with Crippen molar-refractivity contribution in [2.75, 3.05) is 19.8 Å². The second kappa shape index (κ2) is 9.70. The summed E-state index contributed by atoms with van der Waals surface area (Å²) in [7, 11) is 0. The summed E-state index contributed by atoms with van der Waals surface area (Å²) in [4.78, 5) is 0. The van der Waals surface area contributed by atoms with Crippen LogP contribution < -0.4 is 10.6 Å². The lowest BCUT2D eigenvalue weighted by Crippen LogP contribution is -2.28. The van der Waals surface area contributed by atoms with Crippen molar-refractivity contribution in [2.45, 2.75) is 0 Å². The molecule has 2 rings (SSSR count). The molecule has 0 saturated heterocycles. The Morgan fingerprint density at radius 2 is 1.05 bits per heavy atom. The van der Waals surface area contributed by atoms with Crippen molar-refractivity contribution >= 4 is 12.2 Å². The van der Waals surface area contributed by atoms with Crippen molar-refractivity contribution in [1.29, 1.82) is 0 Å². The number of nitrogens with one attached hydrogen (secondary N) is 2. The molecule has 2 heteroatoms. The summed E-state index contributed by atoms with van der Waals surface area (Å²) in [6, 6.07) is 20.7. The largest absolute Gasteiger partial charge is 0.301 e. The Balaban J connectivity index is 1.52. The summed E-state index contributed by atoms with van der Waals surface area (Å²) < 4.78 is 0. The lowest BCUT2D eigenvalue weighted by Gasteiger charge is -2.01. The highest BCUT2D eigenvalue weighted by atomic mass is 15.0. The van der Waals surface area contributed by atoms with Crippen LogP contribution in [0.2, 0.25) is 0 Å². The van der Waals surface area contributed by atoms with Crippen LogP contribution in [0.5, 0.6) is 0 Å². The van der Waals surface area contributed by atoms with Gasteiger partial charge in [0.1, 0.15) is 0 Å². The first kappa shape index (κ1) is 15.2. The molecule has 2 aromatic carbocycles. The molecule has 2 aromatic rings. The lowest BCUT2D eigenvalue weighted by molar-refractivity contribution is 0.648. The molecule has 0 heterocycles. The van der Waals surface area contributed by atoms with Gasteiger partial charge in [0.2, 0.25) is 0 Å². The van der Waals surface area contributed by atoms with Gasteiger partial charge in [-0.25, -0.2) is 0 Å². The third-order valence-electron chi connectivity index (χ3n) is 2.99. The Morgan fingerprint density at radius 1 is 0.619 bits per heavy atom. The van der Waals surface area contributed by atoms with Crippen LogP contribution in [0, 0.1) is 0 Å². The average molecular weight is 278 g/mol. The topological polar surface area (TPSA) is 24.1 Å². The summed E-state index contributed by atoms with van der Waals surface area (Å²) in [6.07, 6.45) is 8.53. The minimum Gasteiger partial charge on any atom is -0.301 e. The first-order valence-corrected chi connectivity index (χ1v) is 7.30. The van der Waals surface area contributed by atoms with Crippen molar-refractivity contribution in [3.63, 3.8) is 0 Å². The molecule has 0 bridgehead atoms. The molecule has 0 aliphatic carbocycles. The van der Waals surface area contributed by atoms with Crippen LogP contribution in [-0.4, -0.2) is 19.8 Å². The zero-order valence-electron chi connectivity index (χ0n) is 12.2. The fraction of sp³-hybridized carbons (Fsp3) is 0.158. The van der Waals surface area contributed by atoms with Crippen LogP contribution in [0.15, 0.2) is 72.8 Å². The van der Waals surface area contributed by atoms with E-state index < -0.39 is 0 Å². The van der Waals surface area contributed by atoms with Gasteiger partial charge in [0.15, 0.2) is 0 Å². The smallest absolute Gasteiger partial charge is 0.0459 e. The summed E-state index contributed by atoms with van der Waals surface area (Å²) in [5, 5.41) is 6.65. The molecule has 0 spiro atoms. The molecule has 21 heavy (non-hydrogen) atoms.